The van der Waals surface area contributed by atoms with Crippen molar-refractivity contribution >= 4 is 17.4 Å². The SMILES string of the molecule is CSc1nc2c(c(Oc3c(C)cc(N)cc3C)n1)CNCC2. The lowest BCUT2D eigenvalue weighted by Gasteiger charge is -2.20. The molecule has 0 unspecified atom stereocenters. The molecular formula is C16H20N4OS. The van der Waals surface area contributed by atoms with Crippen LogP contribution in [0, 0.1) is 13.8 Å². The minimum Gasteiger partial charge on any atom is -0.438 e. The van der Waals surface area contributed by atoms with Crippen molar-refractivity contribution in [3.05, 3.63) is 34.5 Å². The standard InChI is InChI=1S/C16H20N4OS/c1-9-6-11(17)7-10(2)14(9)21-15-12-8-18-5-4-13(12)19-16(20-15)22-3/h6-7,18H,4-5,8,17H2,1-3H3. The average molecular weight is 316 g/mol. The molecule has 2 aromatic rings. The number of aromatic nitrogens is 2. The third kappa shape index (κ3) is 2.89. The molecule has 3 rings (SSSR count). The molecule has 1 aromatic heterocycles. The van der Waals surface area contributed by atoms with Crippen LogP contribution in [0.25, 0.3) is 0 Å². The molecule has 6 heteroatoms. The van der Waals surface area contributed by atoms with E-state index < -0.39 is 0 Å². The molecule has 0 saturated carbocycles. The van der Waals surface area contributed by atoms with Gasteiger partial charge in [-0.3, -0.25) is 0 Å². The first kappa shape index (κ1) is 15.1. The highest BCUT2D eigenvalue weighted by atomic mass is 32.2. The summed E-state index contributed by atoms with van der Waals surface area (Å²) in [5.41, 5.74) is 10.8. The second-order valence-electron chi connectivity index (χ2n) is 5.45. The van der Waals surface area contributed by atoms with E-state index in [4.69, 9.17) is 10.5 Å². The van der Waals surface area contributed by atoms with Gasteiger partial charge in [-0.05, 0) is 43.4 Å². The first-order valence-electron chi connectivity index (χ1n) is 7.27. The molecule has 0 spiro atoms. The fraction of sp³-hybridized carbons (Fsp3) is 0.375. The van der Waals surface area contributed by atoms with Crippen molar-refractivity contribution in [3.8, 4) is 11.6 Å². The smallest absolute Gasteiger partial charge is 0.228 e. The van der Waals surface area contributed by atoms with Crippen LogP contribution in [-0.2, 0) is 13.0 Å². The topological polar surface area (TPSA) is 73.1 Å². The molecule has 0 radical (unpaired) electrons. The van der Waals surface area contributed by atoms with Gasteiger partial charge in [-0.15, -0.1) is 0 Å². The number of hydrogen-bond acceptors (Lipinski definition) is 6. The summed E-state index contributed by atoms with van der Waals surface area (Å²) in [4.78, 5) is 9.17. The van der Waals surface area contributed by atoms with E-state index in [1.165, 1.54) is 11.8 Å². The summed E-state index contributed by atoms with van der Waals surface area (Å²) < 4.78 is 6.18. The van der Waals surface area contributed by atoms with Gasteiger partial charge in [0, 0.05) is 25.2 Å². The number of nitrogens with two attached hydrogens (primary N) is 1. The summed E-state index contributed by atoms with van der Waals surface area (Å²) in [5, 5.41) is 4.11. The van der Waals surface area contributed by atoms with Gasteiger partial charge in [-0.2, -0.15) is 4.98 Å². The summed E-state index contributed by atoms with van der Waals surface area (Å²) >= 11 is 1.53. The first-order chi connectivity index (χ1) is 10.6. The van der Waals surface area contributed by atoms with Crippen LogP contribution in [0.2, 0.25) is 0 Å². The van der Waals surface area contributed by atoms with E-state index in [9.17, 15) is 0 Å². The van der Waals surface area contributed by atoms with E-state index in [-0.39, 0.29) is 0 Å². The Kier molecular flexibility index (Phi) is 4.22. The lowest BCUT2D eigenvalue weighted by atomic mass is 10.1. The van der Waals surface area contributed by atoms with E-state index in [1.807, 2.05) is 32.2 Å². The van der Waals surface area contributed by atoms with E-state index >= 15 is 0 Å². The Hall–Kier alpha value is -1.79. The van der Waals surface area contributed by atoms with Crippen molar-refractivity contribution in [1.29, 1.82) is 0 Å². The van der Waals surface area contributed by atoms with Gasteiger partial charge in [0.05, 0.1) is 11.3 Å². The van der Waals surface area contributed by atoms with Gasteiger partial charge in [-0.25, -0.2) is 4.98 Å². The molecule has 5 nitrogen and oxygen atoms in total. The van der Waals surface area contributed by atoms with Crippen molar-refractivity contribution in [2.45, 2.75) is 32.0 Å². The largest absolute Gasteiger partial charge is 0.438 e. The molecule has 3 N–H and O–H groups in total. The zero-order chi connectivity index (χ0) is 15.7. The summed E-state index contributed by atoms with van der Waals surface area (Å²) in [5.74, 6) is 1.48. The number of thioether (sulfide) groups is 1. The lowest BCUT2D eigenvalue weighted by molar-refractivity contribution is 0.431. The van der Waals surface area contributed by atoms with Crippen molar-refractivity contribution in [3.63, 3.8) is 0 Å². The monoisotopic (exact) mass is 316 g/mol. The molecule has 0 fully saturated rings. The van der Waals surface area contributed by atoms with Gasteiger partial charge in [0.1, 0.15) is 5.75 Å². The normalized spacial score (nSPS) is 13.8. The van der Waals surface area contributed by atoms with E-state index in [2.05, 4.69) is 15.3 Å². The third-order valence-corrected chi connectivity index (χ3v) is 4.29. The number of nitrogens with one attached hydrogen (secondary N) is 1. The highest BCUT2D eigenvalue weighted by Crippen LogP contribution is 2.33. The number of nitrogen functional groups attached to an aromatic ring is 1. The number of fused-ring (bicyclic) bond motifs is 1. The van der Waals surface area contributed by atoms with Crippen LogP contribution in [0.15, 0.2) is 17.3 Å². The van der Waals surface area contributed by atoms with Crippen LogP contribution < -0.4 is 15.8 Å². The molecule has 0 amide bonds. The van der Waals surface area contributed by atoms with Gasteiger partial charge in [0.2, 0.25) is 5.88 Å². The Balaban J connectivity index is 2.05. The zero-order valence-electron chi connectivity index (χ0n) is 13.1. The van der Waals surface area contributed by atoms with E-state index in [0.717, 1.165) is 58.5 Å². The van der Waals surface area contributed by atoms with Crippen molar-refractivity contribution in [2.24, 2.45) is 0 Å². The van der Waals surface area contributed by atoms with Gasteiger partial charge >= 0.3 is 0 Å². The lowest BCUT2D eigenvalue weighted by Crippen LogP contribution is -2.25. The van der Waals surface area contributed by atoms with Crippen LogP contribution in [0.1, 0.15) is 22.4 Å². The number of benzene rings is 1. The summed E-state index contributed by atoms with van der Waals surface area (Å²) in [6.45, 7) is 5.68. The number of nitrogens with zero attached hydrogens (tertiary/aromatic N) is 2. The number of ether oxygens (including phenoxy) is 1. The fourth-order valence-electron chi connectivity index (χ4n) is 2.71. The zero-order valence-corrected chi connectivity index (χ0v) is 13.9. The second kappa shape index (κ2) is 6.14. The van der Waals surface area contributed by atoms with Crippen LogP contribution in [0.4, 0.5) is 5.69 Å². The molecule has 2 heterocycles. The van der Waals surface area contributed by atoms with Gasteiger partial charge in [-0.1, -0.05) is 11.8 Å². The molecule has 22 heavy (non-hydrogen) atoms. The molecule has 0 bridgehead atoms. The molecule has 0 atom stereocenters. The minimum absolute atomic E-state index is 0.650. The van der Waals surface area contributed by atoms with Gasteiger partial charge < -0.3 is 15.8 Å². The molecule has 1 aliphatic heterocycles. The van der Waals surface area contributed by atoms with Crippen LogP contribution in [0.5, 0.6) is 11.6 Å². The molecule has 1 aromatic carbocycles. The Labute approximate surface area is 134 Å². The molecule has 0 aliphatic carbocycles. The van der Waals surface area contributed by atoms with E-state index in [1.54, 1.807) is 0 Å². The average Bonchev–Trinajstić information content (AvgIpc) is 2.50. The maximum Gasteiger partial charge on any atom is 0.228 e. The third-order valence-electron chi connectivity index (χ3n) is 3.74. The number of anilines is 1. The van der Waals surface area contributed by atoms with Crippen LogP contribution in [0.3, 0.4) is 0 Å². The minimum atomic E-state index is 0.650. The quantitative estimate of drug-likeness (QED) is 0.515. The van der Waals surface area contributed by atoms with Crippen molar-refractivity contribution < 1.29 is 4.74 Å². The fourth-order valence-corrected chi connectivity index (χ4v) is 3.08. The number of rotatable bonds is 3. The predicted molar refractivity (Wildman–Crippen MR) is 89.6 cm³/mol. The maximum atomic E-state index is 6.18. The summed E-state index contributed by atoms with van der Waals surface area (Å²) in [6.07, 6.45) is 2.88. The Morgan fingerprint density at radius 1 is 1.23 bits per heavy atom. The second-order valence-corrected chi connectivity index (χ2v) is 6.23. The highest BCUT2D eigenvalue weighted by molar-refractivity contribution is 7.98. The van der Waals surface area contributed by atoms with Gasteiger partial charge in [0.25, 0.3) is 0 Å². The molecular weight excluding hydrogens is 296 g/mol. The molecule has 0 saturated heterocycles. The van der Waals surface area contributed by atoms with Crippen LogP contribution >= 0.6 is 11.8 Å². The summed E-state index contributed by atoms with van der Waals surface area (Å²) in [6, 6.07) is 3.84. The Morgan fingerprint density at radius 2 is 1.95 bits per heavy atom. The Bertz CT molecular complexity index is 695. The Morgan fingerprint density at radius 3 is 2.64 bits per heavy atom. The van der Waals surface area contributed by atoms with E-state index in [0.29, 0.717) is 5.88 Å². The van der Waals surface area contributed by atoms with Gasteiger partial charge in [0.15, 0.2) is 5.16 Å². The maximum absolute atomic E-state index is 6.18. The molecule has 116 valence electrons. The number of aryl methyl sites for hydroxylation is 2. The predicted octanol–water partition coefficient (Wildman–Crippen LogP) is 2.84. The number of hydrogen-bond donors (Lipinski definition) is 2. The molecule has 1 aliphatic rings. The van der Waals surface area contributed by atoms with Crippen molar-refractivity contribution in [1.82, 2.24) is 15.3 Å². The summed E-state index contributed by atoms with van der Waals surface area (Å²) in [7, 11) is 0. The van der Waals surface area contributed by atoms with Crippen LogP contribution in [-0.4, -0.2) is 22.8 Å². The first-order valence-corrected chi connectivity index (χ1v) is 8.50. The highest BCUT2D eigenvalue weighted by Gasteiger charge is 2.20. The van der Waals surface area contributed by atoms with Crippen molar-refractivity contribution in [2.75, 3.05) is 18.5 Å².